The first-order chi connectivity index (χ1) is 17.6. The number of halogens is 3. The molecule has 1 amide bonds. The molecule has 5 rings (SSSR count). The molecule has 0 bridgehead atoms. The SMILES string of the molecule is C=CC(=O)N[C@@H]1Cn2c(c(-c3ccc(Oc4ccc(OC(F)(F)F)cc4)cc3)c3c(N)ncnc32)C1=C. The fourth-order valence-electron chi connectivity index (χ4n) is 4.34. The van der Waals surface area contributed by atoms with Crippen LogP contribution in [0.3, 0.4) is 0 Å². The zero-order valence-electron chi connectivity index (χ0n) is 19.2. The lowest BCUT2D eigenvalue weighted by Crippen LogP contribution is -2.33. The molecule has 1 aliphatic rings. The van der Waals surface area contributed by atoms with Gasteiger partial charge in [0.25, 0.3) is 0 Å². The van der Waals surface area contributed by atoms with Crippen molar-refractivity contribution in [3.63, 3.8) is 0 Å². The minimum Gasteiger partial charge on any atom is -0.457 e. The summed E-state index contributed by atoms with van der Waals surface area (Å²) in [5.41, 5.74) is 9.90. The Morgan fingerprint density at radius 2 is 1.70 bits per heavy atom. The van der Waals surface area contributed by atoms with Crippen molar-refractivity contribution in [2.24, 2.45) is 0 Å². The van der Waals surface area contributed by atoms with Crippen LogP contribution in [0.4, 0.5) is 19.0 Å². The predicted octanol–water partition coefficient (Wildman–Crippen LogP) is 5.07. The number of carbonyl (C=O) groups excluding carboxylic acids is 1. The van der Waals surface area contributed by atoms with E-state index in [1.807, 2.05) is 16.7 Å². The van der Waals surface area contributed by atoms with Crippen LogP contribution in [0.5, 0.6) is 17.2 Å². The van der Waals surface area contributed by atoms with Gasteiger partial charge in [-0.05, 0) is 53.6 Å². The van der Waals surface area contributed by atoms with Crippen LogP contribution < -0.4 is 20.5 Å². The number of aromatic nitrogens is 3. The second-order valence-electron chi connectivity index (χ2n) is 8.23. The molecule has 11 heteroatoms. The molecule has 3 N–H and O–H groups in total. The first-order valence-electron chi connectivity index (χ1n) is 11.0. The van der Waals surface area contributed by atoms with E-state index in [0.29, 0.717) is 40.5 Å². The minimum atomic E-state index is -4.77. The average molecular weight is 507 g/mol. The maximum atomic E-state index is 12.4. The average Bonchev–Trinajstić information content (AvgIpc) is 3.35. The van der Waals surface area contributed by atoms with Gasteiger partial charge in [0, 0.05) is 12.1 Å². The summed E-state index contributed by atoms with van der Waals surface area (Å²) >= 11 is 0. The van der Waals surface area contributed by atoms with Gasteiger partial charge in [-0.1, -0.05) is 25.3 Å². The van der Waals surface area contributed by atoms with Crippen LogP contribution in [0.15, 0.2) is 74.1 Å². The minimum absolute atomic E-state index is 0.308. The van der Waals surface area contributed by atoms with Gasteiger partial charge in [-0.15, -0.1) is 13.2 Å². The highest BCUT2D eigenvalue weighted by Crippen LogP contribution is 2.44. The summed E-state index contributed by atoms with van der Waals surface area (Å²) in [6.07, 6.45) is -2.18. The van der Waals surface area contributed by atoms with Gasteiger partial charge >= 0.3 is 6.36 Å². The Bertz CT molecular complexity index is 1530. The number of alkyl halides is 3. The Hall–Kier alpha value is -4.80. The largest absolute Gasteiger partial charge is 0.573 e. The summed E-state index contributed by atoms with van der Waals surface area (Å²) in [4.78, 5) is 20.5. The van der Waals surface area contributed by atoms with Crippen LogP contribution in [0, 0.1) is 0 Å². The number of nitrogens with one attached hydrogen (secondary N) is 1. The second-order valence-corrected chi connectivity index (χ2v) is 8.23. The lowest BCUT2D eigenvalue weighted by Gasteiger charge is -2.14. The third-order valence-electron chi connectivity index (χ3n) is 5.90. The first kappa shape index (κ1) is 23.9. The number of hydrogen-bond donors (Lipinski definition) is 2. The highest BCUT2D eigenvalue weighted by molar-refractivity contribution is 6.07. The summed E-state index contributed by atoms with van der Waals surface area (Å²) < 4.78 is 48.7. The normalized spacial score (nSPS) is 14.9. The molecule has 0 saturated carbocycles. The molecule has 0 unspecified atom stereocenters. The Morgan fingerprint density at radius 3 is 2.32 bits per heavy atom. The van der Waals surface area contributed by atoms with Crippen molar-refractivity contribution >= 4 is 28.3 Å². The molecule has 0 saturated heterocycles. The van der Waals surface area contributed by atoms with E-state index in [4.69, 9.17) is 10.5 Å². The molecule has 4 aromatic rings. The number of amides is 1. The highest BCUT2D eigenvalue weighted by atomic mass is 19.4. The van der Waals surface area contributed by atoms with Gasteiger partial charge in [-0.2, -0.15) is 0 Å². The second kappa shape index (κ2) is 9.01. The van der Waals surface area contributed by atoms with Crippen molar-refractivity contribution < 1.29 is 27.4 Å². The summed E-state index contributed by atoms with van der Waals surface area (Å²) in [7, 11) is 0. The molecule has 0 aliphatic carbocycles. The van der Waals surface area contributed by atoms with Crippen molar-refractivity contribution in [3.05, 3.63) is 79.8 Å². The fraction of sp³-hybridized carbons (Fsp3) is 0.115. The first-order valence-corrected chi connectivity index (χ1v) is 11.0. The number of ether oxygens (including phenoxy) is 2. The molecule has 8 nitrogen and oxygen atoms in total. The molecule has 3 heterocycles. The van der Waals surface area contributed by atoms with Gasteiger partial charge in [-0.3, -0.25) is 4.79 Å². The van der Waals surface area contributed by atoms with Crippen molar-refractivity contribution in [3.8, 4) is 28.4 Å². The lowest BCUT2D eigenvalue weighted by molar-refractivity contribution is -0.274. The van der Waals surface area contributed by atoms with Gasteiger partial charge in [-0.25, -0.2) is 9.97 Å². The smallest absolute Gasteiger partial charge is 0.457 e. The highest BCUT2D eigenvalue weighted by Gasteiger charge is 2.34. The predicted molar refractivity (Wildman–Crippen MR) is 132 cm³/mol. The molecule has 0 radical (unpaired) electrons. The zero-order valence-corrected chi connectivity index (χ0v) is 19.2. The molecular formula is C26H20F3N5O3. The van der Waals surface area contributed by atoms with E-state index in [9.17, 15) is 18.0 Å². The van der Waals surface area contributed by atoms with E-state index in [-0.39, 0.29) is 17.7 Å². The number of fused-ring (bicyclic) bond motifs is 3. The zero-order chi connectivity index (χ0) is 26.3. The topological polar surface area (TPSA) is 104 Å². The molecule has 37 heavy (non-hydrogen) atoms. The Kier molecular flexibility index (Phi) is 5.82. The third kappa shape index (κ3) is 4.58. The summed E-state index contributed by atoms with van der Waals surface area (Å²) in [5.74, 6) is 0.461. The van der Waals surface area contributed by atoms with Crippen LogP contribution in [0.25, 0.3) is 27.7 Å². The molecule has 2 aromatic heterocycles. The molecule has 2 aromatic carbocycles. The van der Waals surface area contributed by atoms with Crippen LogP contribution in [-0.4, -0.2) is 32.8 Å². The Balaban J connectivity index is 1.46. The van der Waals surface area contributed by atoms with Crippen molar-refractivity contribution in [1.82, 2.24) is 19.9 Å². The summed E-state index contributed by atoms with van der Waals surface area (Å²) in [6.45, 7) is 8.14. The van der Waals surface area contributed by atoms with E-state index in [0.717, 1.165) is 16.8 Å². The number of carbonyl (C=O) groups is 1. The Morgan fingerprint density at radius 1 is 1.08 bits per heavy atom. The fourth-order valence-corrected chi connectivity index (χ4v) is 4.34. The number of nitrogen functional groups attached to an aromatic ring is 1. The summed E-state index contributed by atoms with van der Waals surface area (Å²) in [5, 5.41) is 3.55. The molecule has 1 aliphatic heterocycles. The van der Waals surface area contributed by atoms with E-state index in [1.54, 1.807) is 12.1 Å². The number of hydrogen-bond acceptors (Lipinski definition) is 6. The molecule has 1 atom stereocenters. The number of benzene rings is 2. The molecule has 0 spiro atoms. The standard InChI is InChI=1S/C26H20F3N5O3/c1-3-20(35)33-19-12-34-23(14(19)2)21(22-24(30)31-13-32-25(22)34)15-4-6-16(7-5-15)36-17-8-10-18(11-9-17)37-26(27,28)29/h3-11,13,19H,1-2,12H2,(H,33,35)(H2,30,31,32)/t19-/m1/s1. The van der Waals surface area contributed by atoms with E-state index in [1.165, 1.54) is 36.7 Å². The van der Waals surface area contributed by atoms with Crippen molar-refractivity contribution in [1.29, 1.82) is 0 Å². The maximum absolute atomic E-state index is 12.4. The Labute approximate surface area is 208 Å². The van der Waals surface area contributed by atoms with Gasteiger partial charge in [0.15, 0.2) is 0 Å². The van der Waals surface area contributed by atoms with Crippen molar-refractivity contribution in [2.45, 2.75) is 18.9 Å². The van der Waals surface area contributed by atoms with Gasteiger partial charge < -0.3 is 25.1 Å². The molecule has 188 valence electrons. The lowest BCUT2D eigenvalue weighted by atomic mass is 9.97. The van der Waals surface area contributed by atoms with Crippen molar-refractivity contribution in [2.75, 3.05) is 5.73 Å². The molecular weight excluding hydrogens is 487 g/mol. The number of rotatable bonds is 6. The van der Waals surface area contributed by atoms with Crippen LogP contribution in [0.2, 0.25) is 0 Å². The monoisotopic (exact) mass is 507 g/mol. The summed E-state index contributed by atoms with van der Waals surface area (Å²) in [6, 6.07) is 11.8. The van der Waals surface area contributed by atoms with E-state index in [2.05, 4.69) is 33.2 Å². The van der Waals surface area contributed by atoms with E-state index >= 15 is 0 Å². The van der Waals surface area contributed by atoms with Crippen LogP contribution in [-0.2, 0) is 11.3 Å². The quantitative estimate of drug-likeness (QED) is 0.353. The van der Waals surface area contributed by atoms with Gasteiger partial charge in [0.05, 0.1) is 17.1 Å². The van der Waals surface area contributed by atoms with Gasteiger partial charge in [0.2, 0.25) is 5.91 Å². The van der Waals surface area contributed by atoms with Crippen LogP contribution >= 0.6 is 0 Å². The maximum Gasteiger partial charge on any atom is 0.573 e. The van der Waals surface area contributed by atoms with E-state index < -0.39 is 6.36 Å². The third-order valence-corrected chi connectivity index (χ3v) is 5.90. The number of nitrogens with zero attached hydrogens (tertiary/aromatic N) is 3. The van der Waals surface area contributed by atoms with Gasteiger partial charge in [0.1, 0.15) is 35.0 Å². The van der Waals surface area contributed by atoms with Crippen LogP contribution in [0.1, 0.15) is 5.69 Å². The number of anilines is 1. The number of nitrogens with two attached hydrogens (primary N) is 1. The molecule has 0 fully saturated rings.